The topological polar surface area (TPSA) is 46.6 Å². The Hall–Kier alpha value is -0.370. The van der Waals surface area contributed by atoms with Crippen molar-refractivity contribution in [2.75, 3.05) is 39.8 Å². The molecule has 5 nitrogen and oxygen atoms in total. The summed E-state index contributed by atoms with van der Waals surface area (Å²) in [4.78, 5) is 26.3. The van der Waals surface area contributed by atoms with Crippen LogP contribution in [0.2, 0.25) is 0 Å². The highest BCUT2D eigenvalue weighted by Gasteiger charge is 2.33. The third-order valence-corrected chi connectivity index (χ3v) is 5.92. The summed E-state index contributed by atoms with van der Waals surface area (Å²) in [6.45, 7) is 6.73. The van der Waals surface area contributed by atoms with E-state index >= 15 is 0 Å². The lowest BCUT2D eigenvalue weighted by atomic mass is 10.1. The van der Waals surface area contributed by atoms with Gasteiger partial charge in [0.1, 0.15) is 6.54 Å². The molecule has 0 aromatic heterocycles. The maximum Gasteiger partial charge on any atom is 0.306 e. The maximum absolute atomic E-state index is 12.4. The Morgan fingerprint density at radius 1 is 1.11 bits per heavy atom. The fourth-order valence-electron chi connectivity index (χ4n) is 4.34. The van der Waals surface area contributed by atoms with Gasteiger partial charge in [0.25, 0.3) is 0 Å². The number of hydrogen-bond acceptors (Lipinski definition) is 3. The zero-order valence-corrected chi connectivity index (χ0v) is 19.5. The minimum absolute atomic E-state index is 0. The SMILES string of the molecule is CCCCCCCC(=O)OC(CN1CCCC1=O)C[N+]1(C)CCCCC1.[I-]. The van der Waals surface area contributed by atoms with Crippen LogP contribution in [0.15, 0.2) is 0 Å². The van der Waals surface area contributed by atoms with Crippen LogP contribution in [-0.2, 0) is 14.3 Å². The van der Waals surface area contributed by atoms with Gasteiger partial charge in [-0.05, 0) is 32.1 Å². The van der Waals surface area contributed by atoms with Gasteiger partial charge >= 0.3 is 5.97 Å². The number of rotatable bonds is 11. The summed E-state index contributed by atoms with van der Waals surface area (Å²) < 4.78 is 6.86. The van der Waals surface area contributed by atoms with Crippen molar-refractivity contribution >= 4 is 11.9 Å². The van der Waals surface area contributed by atoms with Gasteiger partial charge in [-0.25, -0.2) is 0 Å². The third kappa shape index (κ3) is 9.11. The molecule has 1 unspecified atom stereocenters. The fraction of sp³-hybridized carbons (Fsp3) is 0.905. The summed E-state index contributed by atoms with van der Waals surface area (Å²) in [5.74, 6) is 0.133. The lowest BCUT2D eigenvalue weighted by molar-refractivity contribution is -0.916. The number of likely N-dealkylation sites (tertiary alicyclic amines) is 2. The molecule has 0 N–H and O–H groups in total. The Balaban J connectivity index is 0.00000364. The Kier molecular flexibility index (Phi) is 11.8. The highest BCUT2D eigenvalue weighted by atomic mass is 127. The first-order chi connectivity index (χ1) is 12.5. The van der Waals surface area contributed by atoms with Crippen LogP contribution in [0, 0.1) is 0 Å². The fourth-order valence-corrected chi connectivity index (χ4v) is 4.34. The highest BCUT2D eigenvalue weighted by molar-refractivity contribution is 5.78. The van der Waals surface area contributed by atoms with Gasteiger partial charge in [-0.2, -0.15) is 0 Å². The van der Waals surface area contributed by atoms with Crippen molar-refractivity contribution in [3.8, 4) is 0 Å². The van der Waals surface area contributed by atoms with E-state index in [4.69, 9.17) is 4.74 Å². The van der Waals surface area contributed by atoms with E-state index < -0.39 is 0 Å². The number of carbonyl (C=O) groups excluding carboxylic acids is 2. The van der Waals surface area contributed by atoms with Crippen molar-refractivity contribution in [2.45, 2.75) is 83.7 Å². The number of quaternary nitrogens is 1. The van der Waals surface area contributed by atoms with Gasteiger partial charge in [-0.15, -0.1) is 0 Å². The lowest BCUT2D eigenvalue weighted by Gasteiger charge is -2.40. The first-order valence-electron chi connectivity index (χ1n) is 10.8. The van der Waals surface area contributed by atoms with Crippen LogP contribution in [-0.4, -0.2) is 67.1 Å². The van der Waals surface area contributed by atoms with Crippen LogP contribution in [0.1, 0.15) is 77.6 Å². The number of halogens is 1. The van der Waals surface area contributed by atoms with Crippen LogP contribution in [0.4, 0.5) is 0 Å². The van der Waals surface area contributed by atoms with E-state index in [1.807, 2.05) is 4.90 Å². The molecule has 2 aliphatic rings. The van der Waals surface area contributed by atoms with Gasteiger partial charge in [0.15, 0.2) is 6.10 Å². The van der Waals surface area contributed by atoms with Gasteiger partial charge in [-0.1, -0.05) is 32.6 Å². The van der Waals surface area contributed by atoms with Crippen molar-refractivity contribution in [3.63, 3.8) is 0 Å². The average molecular weight is 494 g/mol. The van der Waals surface area contributed by atoms with Crippen molar-refractivity contribution < 1.29 is 42.8 Å². The van der Waals surface area contributed by atoms with E-state index in [2.05, 4.69) is 14.0 Å². The Labute approximate surface area is 182 Å². The van der Waals surface area contributed by atoms with Crippen LogP contribution in [0.5, 0.6) is 0 Å². The number of nitrogens with zero attached hydrogens (tertiary/aromatic N) is 2. The maximum atomic E-state index is 12.4. The number of esters is 1. The van der Waals surface area contributed by atoms with E-state index in [1.54, 1.807) is 0 Å². The smallest absolute Gasteiger partial charge is 0.306 e. The van der Waals surface area contributed by atoms with Gasteiger partial charge in [-0.3, -0.25) is 9.59 Å². The molecular weight excluding hydrogens is 455 g/mol. The monoisotopic (exact) mass is 494 g/mol. The predicted octanol–water partition coefficient (Wildman–Crippen LogP) is 0.516. The average Bonchev–Trinajstić information content (AvgIpc) is 2.99. The van der Waals surface area contributed by atoms with Crippen LogP contribution < -0.4 is 24.0 Å². The molecule has 2 saturated heterocycles. The molecule has 0 bridgehead atoms. The van der Waals surface area contributed by atoms with Crippen LogP contribution in [0.25, 0.3) is 0 Å². The summed E-state index contributed by atoms with van der Waals surface area (Å²) in [6, 6.07) is 0. The summed E-state index contributed by atoms with van der Waals surface area (Å²) in [5, 5.41) is 0. The molecule has 1 amide bonds. The normalized spacial score (nSPS) is 20.2. The molecular formula is C21H39IN2O3. The zero-order valence-electron chi connectivity index (χ0n) is 17.4. The summed E-state index contributed by atoms with van der Waals surface area (Å²) >= 11 is 0. The zero-order chi connectivity index (χ0) is 18.8. The number of unbranched alkanes of at least 4 members (excludes halogenated alkanes) is 4. The van der Waals surface area contributed by atoms with Crippen molar-refractivity contribution in [1.82, 2.24) is 4.90 Å². The van der Waals surface area contributed by atoms with Crippen molar-refractivity contribution in [1.29, 1.82) is 0 Å². The Bertz CT molecular complexity index is 453. The van der Waals surface area contributed by atoms with E-state index in [-0.39, 0.29) is 42.0 Å². The van der Waals surface area contributed by atoms with Gasteiger partial charge in [0.2, 0.25) is 5.91 Å². The second kappa shape index (κ2) is 13.0. The predicted molar refractivity (Wildman–Crippen MR) is 104 cm³/mol. The highest BCUT2D eigenvalue weighted by Crippen LogP contribution is 2.20. The molecule has 6 heteroatoms. The molecule has 0 saturated carbocycles. The van der Waals surface area contributed by atoms with E-state index in [0.29, 0.717) is 19.4 Å². The van der Waals surface area contributed by atoms with E-state index in [0.717, 1.165) is 49.9 Å². The molecule has 0 spiro atoms. The summed E-state index contributed by atoms with van der Waals surface area (Å²) in [7, 11) is 2.27. The first-order valence-corrected chi connectivity index (χ1v) is 10.8. The van der Waals surface area contributed by atoms with E-state index in [1.165, 1.54) is 38.5 Å². The minimum atomic E-state index is -0.164. The molecule has 2 fully saturated rings. The lowest BCUT2D eigenvalue weighted by Crippen LogP contribution is -3.00. The number of hydrogen-bond donors (Lipinski definition) is 0. The molecule has 27 heavy (non-hydrogen) atoms. The Morgan fingerprint density at radius 2 is 1.81 bits per heavy atom. The van der Waals surface area contributed by atoms with Crippen molar-refractivity contribution in [3.05, 3.63) is 0 Å². The van der Waals surface area contributed by atoms with E-state index in [9.17, 15) is 9.59 Å². The molecule has 0 aliphatic carbocycles. The number of ether oxygens (including phenoxy) is 1. The molecule has 1 atom stereocenters. The molecule has 0 aromatic carbocycles. The number of amides is 1. The molecule has 0 aromatic rings. The quantitative estimate of drug-likeness (QED) is 0.182. The molecule has 2 rings (SSSR count). The van der Waals surface area contributed by atoms with Crippen LogP contribution >= 0.6 is 0 Å². The molecule has 2 aliphatic heterocycles. The largest absolute Gasteiger partial charge is 1.00 e. The summed E-state index contributed by atoms with van der Waals surface area (Å²) in [6.07, 6.45) is 11.4. The standard InChI is InChI=1S/C21H39N2O3.HI/c1-3-4-5-6-8-13-21(25)26-19(17-22-14-11-12-20(22)24)18-23(2)15-9-7-10-16-23;/h19H,3-18H2,1-2H3;1H/q+1;/p-1. The minimum Gasteiger partial charge on any atom is -1.00 e. The third-order valence-electron chi connectivity index (χ3n) is 5.92. The van der Waals surface area contributed by atoms with Gasteiger partial charge in [0, 0.05) is 19.4 Å². The Morgan fingerprint density at radius 3 is 2.44 bits per heavy atom. The van der Waals surface area contributed by atoms with Crippen LogP contribution in [0.3, 0.4) is 0 Å². The van der Waals surface area contributed by atoms with Gasteiger partial charge < -0.3 is 38.1 Å². The summed E-state index contributed by atoms with van der Waals surface area (Å²) in [5.41, 5.74) is 0. The van der Waals surface area contributed by atoms with Crippen molar-refractivity contribution in [2.24, 2.45) is 0 Å². The molecule has 0 radical (unpaired) electrons. The number of likely N-dealkylation sites (N-methyl/N-ethyl adjacent to an activating group) is 1. The van der Waals surface area contributed by atoms with Gasteiger partial charge in [0.05, 0.1) is 26.7 Å². The number of carbonyl (C=O) groups is 2. The molecule has 2 heterocycles. The second-order valence-corrected chi connectivity index (χ2v) is 8.53. The second-order valence-electron chi connectivity index (χ2n) is 8.53. The number of piperidine rings is 1. The molecule has 158 valence electrons. The first kappa shape index (κ1) is 24.7.